The van der Waals surface area contributed by atoms with Crippen LogP contribution in [-0.2, 0) is 5.41 Å². The van der Waals surface area contributed by atoms with Gasteiger partial charge in [0.05, 0.1) is 0 Å². The van der Waals surface area contributed by atoms with E-state index >= 15 is 0 Å². The maximum absolute atomic E-state index is 10.8. The summed E-state index contributed by atoms with van der Waals surface area (Å²) in [5.41, 5.74) is 2.60. The van der Waals surface area contributed by atoms with Crippen LogP contribution in [0.25, 0.3) is 0 Å². The van der Waals surface area contributed by atoms with Crippen molar-refractivity contribution < 1.29 is 4.79 Å². The van der Waals surface area contributed by atoms with Crippen LogP contribution in [0.1, 0.15) is 74.7 Å². The summed E-state index contributed by atoms with van der Waals surface area (Å²) in [7, 11) is 0. The molecule has 1 nitrogen and oxygen atoms in total. The molecule has 0 spiro atoms. The Kier molecular flexibility index (Phi) is 4.79. The lowest BCUT2D eigenvalue weighted by Gasteiger charge is -2.43. The second-order valence-corrected chi connectivity index (χ2v) is 6.15. The molecule has 1 saturated carbocycles. The summed E-state index contributed by atoms with van der Waals surface area (Å²) >= 11 is 0. The van der Waals surface area contributed by atoms with E-state index in [1.807, 2.05) is 12.1 Å². The van der Waals surface area contributed by atoms with Crippen molar-refractivity contribution in [1.82, 2.24) is 0 Å². The van der Waals surface area contributed by atoms with Gasteiger partial charge in [0.25, 0.3) is 0 Å². The van der Waals surface area contributed by atoms with Gasteiger partial charge in [0.2, 0.25) is 0 Å². The van der Waals surface area contributed by atoms with Gasteiger partial charge in [-0.1, -0.05) is 70.2 Å². The van der Waals surface area contributed by atoms with E-state index in [0.717, 1.165) is 17.8 Å². The minimum absolute atomic E-state index is 0.357. The molecule has 1 fully saturated rings. The van der Waals surface area contributed by atoms with Gasteiger partial charge in [0.15, 0.2) is 0 Å². The normalized spacial score (nSPS) is 19.9. The zero-order valence-electron chi connectivity index (χ0n) is 12.3. The Hall–Kier alpha value is -1.11. The Morgan fingerprint density at radius 3 is 2.32 bits per heavy atom. The molecule has 0 bridgehead atoms. The molecule has 1 aromatic carbocycles. The topological polar surface area (TPSA) is 17.1 Å². The lowest BCUT2D eigenvalue weighted by Crippen LogP contribution is -2.36. The SMILES string of the molecule is CCCC(C)C1(c2ccc(C=O)cc2)CCCCC1. The fourth-order valence-electron chi connectivity index (χ4n) is 3.85. The molecule has 1 atom stereocenters. The van der Waals surface area contributed by atoms with Crippen molar-refractivity contribution in [2.45, 2.75) is 64.2 Å². The molecule has 1 aliphatic carbocycles. The molecule has 0 saturated heterocycles. The molecule has 0 aromatic heterocycles. The zero-order chi connectivity index (χ0) is 13.7. The molecular formula is C18H26O. The first-order valence-corrected chi connectivity index (χ1v) is 7.78. The number of rotatable bonds is 5. The number of hydrogen-bond acceptors (Lipinski definition) is 1. The van der Waals surface area contributed by atoms with Crippen LogP contribution in [0.2, 0.25) is 0 Å². The highest BCUT2D eigenvalue weighted by atomic mass is 16.1. The number of hydrogen-bond donors (Lipinski definition) is 0. The predicted octanol–water partition coefficient (Wildman–Crippen LogP) is 5.14. The van der Waals surface area contributed by atoms with Gasteiger partial charge in [0, 0.05) is 5.56 Å². The third kappa shape index (κ3) is 2.91. The van der Waals surface area contributed by atoms with Crippen molar-refractivity contribution in [2.75, 3.05) is 0 Å². The average molecular weight is 258 g/mol. The fourth-order valence-corrected chi connectivity index (χ4v) is 3.85. The third-order valence-corrected chi connectivity index (χ3v) is 5.03. The second-order valence-electron chi connectivity index (χ2n) is 6.15. The molecule has 19 heavy (non-hydrogen) atoms. The third-order valence-electron chi connectivity index (χ3n) is 5.03. The molecule has 0 aliphatic heterocycles. The lowest BCUT2D eigenvalue weighted by molar-refractivity contribution is 0.112. The van der Waals surface area contributed by atoms with Crippen LogP contribution in [0.5, 0.6) is 0 Å². The maximum Gasteiger partial charge on any atom is 0.150 e. The Labute approximate surface area is 117 Å². The minimum Gasteiger partial charge on any atom is -0.298 e. The summed E-state index contributed by atoms with van der Waals surface area (Å²) in [6.07, 6.45) is 10.2. The monoisotopic (exact) mass is 258 g/mol. The first kappa shape index (κ1) is 14.3. The van der Waals surface area contributed by atoms with Crippen LogP contribution in [0, 0.1) is 5.92 Å². The van der Waals surface area contributed by atoms with E-state index in [1.54, 1.807) is 0 Å². The van der Waals surface area contributed by atoms with E-state index in [2.05, 4.69) is 26.0 Å². The van der Waals surface area contributed by atoms with E-state index in [4.69, 9.17) is 0 Å². The van der Waals surface area contributed by atoms with E-state index in [9.17, 15) is 4.79 Å². The second kappa shape index (κ2) is 6.36. The first-order chi connectivity index (χ1) is 9.23. The van der Waals surface area contributed by atoms with Gasteiger partial charge >= 0.3 is 0 Å². The molecule has 0 N–H and O–H groups in total. The Morgan fingerprint density at radius 1 is 1.16 bits per heavy atom. The smallest absolute Gasteiger partial charge is 0.150 e. The van der Waals surface area contributed by atoms with Gasteiger partial charge in [-0.05, 0) is 29.7 Å². The highest BCUT2D eigenvalue weighted by Crippen LogP contribution is 2.46. The molecule has 1 aliphatic rings. The number of aldehydes is 1. The largest absolute Gasteiger partial charge is 0.298 e. The standard InChI is InChI=1S/C18H26O/c1-3-7-15(2)18(12-5-4-6-13-18)17-10-8-16(14-19)9-11-17/h8-11,14-15H,3-7,12-13H2,1-2H3. The summed E-state index contributed by atoms with van der Waals surface area (Å²) in [4.78, 5) is 10.8. The van der Waals surface area contributed by atoms with Crippen molar-refractivity contribution in [1.29, 1.82) is 0 Å². The van der Waals surface area contributed by atoms with E-state index in [0.29, 0.717) is 5.41 Å². The lowest BCUT2D eigenvalue weighted by atomic mass is 9.61. The summed E-state index contributed by atoms with van der Waals surface area (Å²) in [5.74, 6) is 0.736. The maximum atomic E-state index is 10.8. The Morgan fingerprint density at radius 2 is 1.79 bits per heavy atom. The van der Waals surface area contributed by atoms with Gasteiger partial charge in [-0.15, -0.1) is 0 Å². The quantitative estimate of drug-likeness (QED) is 0.668. The molecule has 1 unspecified atom stereocenters. The van der Waals surface area contributed by atoms with Crippen LogP contribution < -0.4 is 0 Å². The van der Waals surface area contributed by atoms with Gasteiger partial charge < -0.3 is 0 Å². The number of carbonyl (C=O) groups is 1. The highest BCUT2D eigenvalue weighted by Gasteiger charge is 2.38. The first-order valence-electron chi connectivity index (χ1n) is 7.78. The Bertz CT molecular complexity index is 398. The number of carbonyl (C=O) groups excluding carboxylic acids is 1. The molecule has 0 amide bonds. The molecular weight excluding hydrogens is 232 g/mol. The van der Waals surface area contributed by atoms with Gasteiger partial charge in [-0.2, -0.15) is 0 Å². The summed E-state index contributed by atoms with van der Waals surface area (Å²) in [6, 6.07) is 8.36. The van der Waals surface area contributed by atoms with Crippen molar-refractivity contribution >= 4 is 6.29 Å². The molecule has 0 radical (unpaired) electrons. The zero-order valence-corrected chi connectivity index (χ0v) is 12.3. The van der Waals surface area contributed by atoms with Gasteiger partial charge in [0.1, 0.15) is 6.29 Å². The van der Waals surface area contributed by atoms with Crippen LogP contribution in [0.4, 0.5) is 0 Å². The molecule has 1 aromatic rings. The van der Waals surface area contributed by atoms with Gasteiger partial charge in [-0.25, -0.2) is 0 Å². The molecule has 104 valence electrons. The predicted molar refractivity (Wildman–Crippen MR) is 80.7 cm³/mol. The van der Waals surface area contributed by atoms with Crippen LogP contribution in [-0.4, -0.2) is 6.29 Å². The van der Waals surface area contributed by atoms with E-state index in [-0.39, 0.29) is 0 Å². The van der Waals surface area contributed by atoms with E-state index < -0.39 is 0 Å². The average Bonchev–Trinajstić information content (AvgIpc) is 2.48. The van der Waals surface area contributed by atoms with Crippen LogP contribution in [0.15, 0.2) is 24.3 Å². The van der Waals surface area contributed by atoms with Crippen LogP contribution in [0.3, 0.4) is 0 Å². The van der Waals surface area contributed by atoms with Crippen molar-refractivity contribution in [3.63, 3.8) is 0 Å². The highest BCUT2D eigenvalue weighted by molar-refractivity contribution is 5.74. The van der Waals surface area contributed by atoms with E-state index in [1.165, 1.54) is 50.5 Å². The summed E-state index contributed by atoms with van der Waals surface area (Å²) < 4.78 is 0. The summed E-state index contributed by atoms with van der Waals surface area (Å²) in [5, 5.41) is 0. The minimum atomic E-state index is 0.357. The fraction of sp³-hybridized carbons (Fsp3) is 0.611. The Balaban J connectivity index is 2.32. The van der Waals surface area contributed by atoms with Crippen LogP contribution >= 0.6 is 0 Å². The van der Waals surface area contributed by atoms with Crippen molar-refractivity contribution in [3.8, 4) is 0 Å². The van der Waals surface area contributed by atoms with Crippen molar-refractivity contribution in [3.05, 3.63) is 35.4 Å². The summed E-state index contributed by atoms with van der Waals surface area (Å²) in [6.45, 7) is 4.70. The van der Waals surface area contributed by atoms with Crippen molar-refractivity contribution in [2.24, 2.45) is 5.92 Å². The molecule has 2 rings (SSSR count). The molecule has 1 heteroatoms. The molecule has 0 heterocycles. The number of benzene rings is 1. The van der Waals surface area contributed by atoms with Gasteiger partial charge in [-0.3, -0.25) is 4.79 Å².